The van der Waals surface area contributed by atoms with Crippen LogP contribution in [-0.4, -0.2) is 73.6 Å². The molecular weight excluding hydrogens is 471 g/mol. The molecule has 2 aromatic heterocycles. The maximum atomic E-state index is 12.6. The molecule has 3 fully saturated rings. The average molecular weight is 502 g/mol. The molecule has 3 saturated heterocycles. The minimum absolute atomic E-state index is 0.0793. The smallest absolute Gasteiger partial charge is 0.393 e. The predicted molar refractivity (Wildman–Crippen MR) is 123 cm³/mol. The number of anilines is 1. The zero-order valence-electron chi connectivity index (χ0n) is 19.1. The number of methoxy groups -OCH3 is 1. The second kappa shape index (κ2) is 10.6. The maximum Gasteiger partial charge on any atom is 0.393 e. The lowest BCUT2D eigenvalue weighted by molar-refractivity contribution is -0.177. The number of rotatable bonds is 2. The van der Waals surface area contributed by atoms with E-state index in [1.54, 1.807) is 13.3 Å². The Morgan fingerprint density at radius 2 is 2.15 bits per heavy atom. The molecule has 2 amide bonds. The number of urea groups is 1. The first kappa shape index (κ1) is 24.9. The van der Waals surface area contributed by atoms with Crippen LogP contribution in [0.15, 0.2) is 12.3 Å². The van der Waals surface area contributed by atoms with Crippen LogP contribution in [0, 0.1) is 11.3 Å². The van der Waals surface area contributed by atoms with Crippen molar-refractivity contribution in [3.8, 4) is 5.88 Å². The Morgan fingerprint density at radius 1 is 1.35 bits per heavy atom. The molecule has 0 saturated carbocycles. The Kier molecular flexibility index (Phi) is 7.78. The van der Waals surface area contributed by atoms with Gasteiger partial charge in [0.05, 0.1) is 17.7 Å². The SMILES string of the molecule is COc1nccc2sc(NC(=O)N3CCC4(CCOCC4)C3)nc12.FC(F)(F)C1CCCNC1. The summed E-state index contributed by atoms with van der Waals surface area (Å²) >= 11 is 1.43. The van der Waals surface area contributed by atoms with E-state index in [9.17, 15) is 18.0 Å². The molecule has 188 valence electrons. The Bertz CT molecular complexity index is 974. The number of nitrogens with zero attached hydrogens (tertiary/aromatic N) is 3. The highest BCUT2D eigenvalue weighted by atomic mass is 32.1. The van der Waals surface area contributed by atoms with Crippen LogP contribution in [-0.2, 0) is 4.74 Å². The molecule has 1 spiro atoms. The molecule has 34 heavy (non-hydrogen) atoms. The fourth-order valence-corrected chi connectivity index (χ4v) is 5.50. The largest absolute Gasteiger partial charge is 0.479 e. The van der Waals surface area contributed by atoms with Gasteiger partial charge in [-0.3, -0.25) is 5.32 Å². The number of likely N-dealkylation sites (tertiary alicyclic amines) is 1. The van der Waals surface area contributed by atoms with Gasteiger partial charge in [-0.1, -0.05) is 11.3 Å². The van der Waals surface area contributed by atoms with E-state index in [1.165, 1.54) is 11.3 Å². The minimum atomic E-state index is -3.99. The van der Waals surface area contributed by atoms with Gasteiger partial charge in [-0.15, -0.1) is 0 Å². The van der Waals surface area contributed by atoms with Crippen molar-refractivity contribution >= 4 is 32.7 Å². The first-order valence-corrected chi connectivity index (χ1v) is 12.3. The van der Waals surface area contributed by atoms with Gasteiger partial charge in [0.2, 0.25) is 5.88 Å². The topological polar surface area (TPSA) is 88.6 Å². The molecule has 3 aliphatic rings. The van der Waals surface area contributed by atoms with E-state index in [2.05, 4.69) is 20.6 Å². The fraction of sp³-hybridized carbons (Fsp3) is 0.682. The Labute approximate surface area is 200 Å². The van der Waals surface area contributed by atoms with Crippen LogP contribution in [0.1, 0.15) is 32.1 Å². The summed E-state index contributed by atoms with van der Waals surface area (Å²) in [6.45, 7) is 4.04. The normalized spacial score (nSPS) is 22.4. The van der Waals surface area contributed by atoms with Crippen molar-refractivity contribution in [1.29, 1.82) is 0 Å². The van der Waals surface area contributed by atoms with Crippen molar-refractivity contribution in [2.45, 2.75) is 38.3 Å². The van der Waals surface area contributed by atoms with Gasteiger partial charge in [0.1, 0.15) is 5.52 Å². The number of thiazole rings is 1. The molecule has 5 heterocycles. The van der Waals surface area contributed by atoms with Crippen molar-refractivity contribution < 1.29 is 27.4 Å². The highest BCUT2D eigenvalue weighted by Gasteiger charge is 2.41. The third kappa shape index (κ3) is 5.89. The summed E-state index contributed by atoms with van der Waals surface area (Å²) in [5.74, 6) is -0.632. The van der Waals surface area contributed by atoms with Gasteiger partial charge in [0.25, 0.3) is 0 Å². The van der Waals surface area contributed by atoms with E-state index in [1.807, 2.05) is 11.0 Å². The zero-order valence-corrected chi connectivity index (χ0v) is 19.9. The summed E-state index contributed by atoms with van der Waals surface area (Å²) < 4.78 is 47.3. The van der Waals surface area contributed by atoms with Gasteiger partial charge in [-0.25, -0.2) is 14.8 Å². The summed E-state index contributed by atoms with van der Waals surface area (Å²) in [6.07, 6.45) is 1.76. The molecule has 0 aromatic carbocycles. The highest BCUT2D eigenvalue weighted by molar-refractivity contribution is 7.22. The van der Waals surface area contributed by atoms with Crippen molar-refractivity contribution in [2.24, 2.45) is 11.3 Å². The lowest BCUT2D eigenvalue weighted by atomic mass is 9.80. The molecule has 0 aliphatic carbocycles. The molecule has 5 rings (SSSR count). The number of hydrogen-bond acceptors (Lipinski definition) is 7. The van der Waals surface area contributed by atoms with Gasteiger partial charge in [0.15, 0.2) is 5.13 Å². The summed E-state index contributed by atoms with van der Waals surface area (Å²) in [4.78, 5) is 23.1. The van der Waals surface area contributed by atoms with Gasteiger partial charge in [-0.05, 0) is 50.1 Å². The number of amides is 2. The summed E-state index contributed by atoms with van der Waals surface area (Å²) in [5.41, 5.74) is 0.929. The quantitative estimate of drug-likeness (QED) is 0.639. The van der Waals surface area contributed by atoms with Crippen LogP contribution >= 0.6 is 11.3 Å². The molecular formula is C22H30F3N5O3S. The molecule has 8 nitrogen and oxygen atoms in total. The molecule has 0 bridgehead atoms. The molecule has 12 heteroatoms. The van der Waals surface area contributed by atoms with Crippen molar-refractivity contribution in [2.75, 3.05) is 51.8 Å². The molecule has 0 radical (unpaired) electrons. The van der Waals surface area contributed by atoms with Gasteiger partial charge >= 0.3 is 12.2 Å². The second-order valence-corrected chi connectivity index (χ2v) is 10.0. The monoisotopic (exact) mass is 501 g/mol. The van der Waals surface area contributed by atoms with E-state index in [4.69, 9.17) is 9.47 Å². The van der Waals surface area contributed by atoms with Crippen molar-refractivity contribution in [3.05, 3.63) is 12.3 Å². The number of fused-ring (bicyclic) bond motifs is 1. The second-order valence-electron chi connectivity index (χ2n) is 8.98. The van der Waals surface area contributed by atoms with Gasteiger partial charge in [-0.2, -0.15) is 13.2 Å². The number of alkyl halides is 3. The van der Waals surface area contributed by atoms with E-state index in [-0.39, 0.29) is 24.4 Å². The van der Waals surface area contributed by atoms with Crippen LogP contribution in [0.5, 0.6) is 5.88 Å². The van der Waals surface area contributed by atoms with E-state index < -0.39 is 12.1 Å². The van der Waals surface area contributed by atoms with E-state index in [0.29, 0.717) is 22.9 Å². The molecule has 3 aliphatic heterocycles. The molecule has 1 atom stereocenters. The Morgan fingerprint density at radius 3 is 2.79 bits per heavy atom. The summed E-state index contributed by atoms with van der Waals surface area (Å²) in [7, 11) is 1.57. The lowest BCUT2D eigenvalue weighted by Gasteiger charge is -2.33. The number of piperidine rings is 1. The first-order valence-electron chi connectivity index (χ1n) is 11.5. The predicted octanol–water partition coefficient (Wildman–Crippen LogP) is 4.28. The maximum absolute atomic E-state index is 12.6. The number of pyridine rings is 1. The number of nitrogens with one attached hydrogen (secondary N) is 2. The standard InChI is InChI=1S/C16H20N4O3S.C6H10F3N/c1-22-13-12-11(2-6-17-13)24-14(18-12)19-15(21)20-7-3-16(10-20)4-8-23-9-5-16;7-6(8,9)5-2-1-3-10-4-5/h2,6H,3-5,7-10H2,1H3,(H,18,19,21);5,10H,1-4H2. The van der Waals surface area contributed by atoms with Crippen LogP contribution in [0.4, 0.5) is 23.1 Å². The summed E-state index contributed by atoms with van der Waals surface area (Å²) in [5, 5.41) is 6.23. The van der Waals surface area contributed by atoms with Crippen molar-refractivity contribution in [1.82, 2.24) is 20.2 Å². The molecule has 2 N–H and O–H groups in total. The number of carbonyl (C=O) groups is 1. The first-order chi connectivity index (χ1) is 16.3. The van der Waals surface area contributed by atoms with Crippen LogP contribution < -0.4 is 15.4 Å². The molecule has 1 unspecified atom stereocenters. The van der Waals surface area contributed by atoms with Gasteiger partial charge in [0, 0.05) is 39.0 Å². The summed E-state index contributed by atoms with van der Waals surface area (Å²) in [6, 6.07) is 1.79. The number of ether oxygens (including phenoxy) is 2. The Balaban J connectivity index is 0.000000231. The van der Waals surface area contributed by atoms with Crippen LogP contribution in [0.2, 0.25) is 0 Å². The number of hydrogen-bond donors (Lipinski definition) is 2. The number of halogens is 3. The minimum Gasteiger partial charge on any atom is -0.479 e. The fourth-order valence-electron chi connectivity index (χ4n) is 4.66. The lowest BCUT2D eigenvalue weighted by Crippen LogP contribution is -2.38. The number of carbonyl (C=O) groups excluding carboxylic acids is 1. The average Bonchev–Trinajstić information content (AvgIpc) is 3.44. The van der Waals surface area contributed by atoms with Crippen LogP contribution in [0.3, 0.4) is 0 Å². The third-order valence-corrected chi connectivity index (χ3v) is 7.66. The third-order valence-electron chi connectivity index (χ3n) is 6.72. The van der Waals surface area contributed by atoms with E-state index in [0.717, 1.165) is 56.8 Å². The molecule has 2 aromatic rings. The van der Waals surface area contributed by atoms with E-state index >= 15 is 0 Å². The highest BCUT2D eigenvalue weighted by Crippen LogP contribution is 2.40. The number of aromatic nitrogens is 2. The van der Waals surface area contributed by atoms with Gasteiger partial charge < -0.3 is 19.7 Å². The Hall–Kier alpha value is -2.18. The van der Waals surface area contributed by atoms with Crippen LogP contribution in [0.25, 0.3) is 10.2 Å². The van der Waals surface area contributed by atoms with Crippen molar-refractivity contribution in [3.63, 3.8) is 0 Å². The zero-order chi connectivity index (χ0) is 24.2.